The summed E-state index contributed by atoms with van der Waals surface area (Å²) in [5.41, 5.74) is 0.896. The number of fused-ring (bicyclic) bond motifs is 2. The number of piperidine rings is 1. The number of amides is 3. The fourth-order valence-corrected chi connectivity index (χ4v) is 8.61. The highest BCUT2D eigenvalue weighted by molar-refractivity contribution is 6.31. The van der Waals surface area contributed by atoms with Gasteiger partial charge >= 0.3 is 6.61 Å². The molecule has 4 aromatic rings. The van der Waals surface area contributed by atoms with E-state index in [1.54, 1.807) is 12.3 Å². The maximum absolute atomic E-state index is 13.7. The predicted octanol–water partition coefficient (Wildman–Crippen LogP) is 4.16. The van der Waals surface area contributed by atoms with Gasteiger partial charge in [0.2, 0.25) is 11.8 Å². The summed E-state index contributed by atoms with van der Waals surface area (Å²) in [7, 11) is 0. The normalized spacial score (nSPS) is 21.3. The highest BCUT2D eigenvalue weighted by Crippen LogP contribution is 2.38. The molecule has 1 aromatic carbocycles. The summed E-state index contributed by atoms with van der Waals surface area (Å²) < 4.78 is 39.9. The van der Waals surface area contributed by atoms with E-state index in [4.69, 9.17) is 21.1 Å². The van der Waals surface area contributed by atoms with Crippen LogP contribution >= 0.6 is 11.6 Å². The van der Waals surface area contributed by atoms with Crippen LogP contribution in [0.5, 0.6) is 5.75 Å². The molecule has 0 bridgehead atoms. The van der Waals surface area contributed by atoms with Crippen LogP contribution in [-0.4, -0.2) is 122 Å². The number of alkyl halides is 2. The lowest BCUT2D eigenvalue weighted by Gasteiger charge is -2.36. The second-order valence-corrected chi connectivity index (χ2v) is 15.1. The van der Waals surface area contributed by atoms with Gasteiger partial charge < -0.3 is 29.5 Å². The first-order chi connectivity index (χ1) is 26.2. The number of carbonyl (C=O) groups excluding carboxylic acids is 3. The Hall–Kier alpha value is -4.67. The number of aromatic nitrogens is 5. The quantitative estimate of drug-likeness (QED) is 0.252. The fourth-order valence-electron chi connectivity index (χ4n) is 8.44. The molecule has 1 N–H and O–H groups in total. The molecule has 4 aliphatic rings. The zero-order chi connectivity index (χ0) is 37.3. The van der Waals surface area contributed by atoms with E-state index < -0.39 is 12.5 Å². The van der Waals surface area contributed by atoms with Crippen molar-refractivity contribution in [1.29, 1.82) is 0 Å². The van der Waals surface area contributed by atoms with Crippen LogP contribution in [-0.2, 0) is 20.9 Å². The van der Waals surface area contributed by atoms with Gasteiger partial charge in [0.25, 0.3) is 5.91 Å². The number of anilines is 1. The largest absolute Gasteiger partial charge is 0.434 e. The average Bonchev–Trinajstić information content (AvgIpc) is 3.96. The summed E-state index contributed by atoms with van der Waals surface area (Å²) in [5, 5.41) is 11.8. The van der Waals surface area contributed by atoms with Gasteiger partial charge in [-0.05, 0) is 67.7 Å². The van der Waals surface area contributed by atoms with Crippen LogP contribution in [0, 0.1) is 23.7 Å². The minimum Gasteiger partial charge on any atom is -0.434 e. The van der Waals surface area contributed by atoms with Crippen molar-refractivity contribution in [1.82, 2.24) is 39.1 Å². The standard InChI is InChI=1S/C37H42ClF2N9O5/c38-27-2-3-31(54-37(39)40)28(14-27)33-30(43-35(51)29-15-42-49-9-1-8-41-34(29)49)21-48(44-33)22-32(50)47-19-25-17-45(18-26(25)20-47)16-23-4-10-46(11-5-23)36(52)24-6-12-53-13-7-24/h1-3,8-9,14-15,21,23-26,37H,4-7,10-13,16-20,22H2,(H,43,51)/t25-,26+. The van der Waals surface area contributed by atoms with Crippen LogP contribution in [0.3, 0.4) is 0 Å². The van der Waals surface area contributed by atoms with Gasteiger partial charge in [0.15, 0.2) is 5.65 Å². The number of carbonyl (C=O) groups is 3. The van der Waals surface area contributed by atoms with Crippen molar-refractivity contribution in [3.8, 4) is 17.0 Å². The van der Waals surface area contributed by atoms with E-state index in [0.717, 1.165) is 58.4 Å². The van der Waals surface area contributed by atoms with E-state index in [9.17, 15) is 23.2 Å². The zero-order valence-electron chi connectivity index (χ0n) is 29.7. The molecule has 3 amide bonds. The first-order valence-corrected chi connectivity index (χ1v) is 18.8. The average molecular weight is 766 g/mol. The van der Waals surface area contributed by atoms with Crippen LogP contribution in [0.25, 0.3) is 16.9 Å². The maximum atomic E-state index is 13.7. The Morgan fingerprint density at radius 3 is 2.52 bits per heavy atom. The van der Waals surface area contributed by atoms with Crippen molar-refractivity contribution in [3.63, 3.8) is 0 Å². The first-order valence-electron chi connectivity index (χ1n) is 18.5. The highest BCUT2D eigenvalue weighted by atomic mass is 35.5. The Balaban J connectivity index is 0.907. The first kappa shape index (κ1) is 36.3. The molecule has 286 valence electrons. The third-order valence-corrected chi connectivity index (χ3v) is 11.4. The van der Waals surface area contributed by atoms with Crippen LogP contribution in [0.4, 0.5) is 14.5 Å². The molecule has 7 heterocycles. The fraction of sp³-hybridized carbons (Fsp3) is 0.514. The molecule has 8 rings (SSSR count). The summed E-state index contributed by atoms with van der Waals surface area (Å²) in [6, 6.07) is 5.82. The molecule has 0 saturated carbocycles. The van der Waals surface area contributed by atoms with Gasteiger partial charge in [-0.2, -0.15) is 19.0 Å². The van der Waals surface area contributed by atoms with Crippen molar-refractivity contribution in [3.05, 3.63) is 59.6 Å². The summed E-state index contributed by atoms with van der Waals surface area (Å²) >= 11 is 6.27. The van der Waals surface area contributed by atoms with Crippen molar-refractivity contribution in [2.75, 3.05) is 64.3 Å². The monoisotopic (exact) mass is 765 g/mol. The number of ether oxygens (including phenoxy) is 2. The molecular weight excluding hydrogens is 724 g/mol. The molecule has 4 aliphatic heterocycles. The van der Waals surface area contributed by atoms with E-state index in [1.807, 2.05) is 4.90 Å². The Bertz CT molecular complexity index is 2000. The van der Waals surface area contributed by atoms with Gasteiger partial charge in [-0.25, -0.2) is 9.50 Å². The number of nitrogens with one attached hydrogen (secondary N) is 1. The predicted molar refractivity (Wildman–Crippen MR) is 193 cm³/mol. The number of hydrogen-bond acceptors (Lipinski definition) is 9. The molecule has 2 atom stereocenters. The van der Waals surface area contributed by atoms with Gasteiger partial charge in [-0.3, -0.25) is 19.1 Å². The third-order valence-electron chi connectivity index (χ3n) is 11.2. The molecular formula is C37H42ClF2N9O5. The van der Waals surface area contributed by atoms with E-state index >= 15 is 0 Å². The van der Waals surface area contributed by atoms with Gasteiger partial charge in [0.1, 0.15) is 23.6 Å². The second-order valence-electron chi connectivity index (χ2n) is 14.7. The molecule has 17 heteroatoms. The molecule has 54 heavy (non-hydrogen) atoms. The number of benzene rings is 1. The van der Waals surface area contributed by atoms with Crippen LogP contribution in [0.15, 0.2) is 49.1 Å². The molecule has 14 nitrogen and oxygen atoms in total. The van der Waals surface area contributed by atoms with E-state index in [1.165, 1.54) is 46.0 Å². The van der Waals surface area contributed by atoms with Crippen LogP contribution in [0.1, 0.15) is 36.0 Å². The molecule has 0 spiro atoms. The lowest BCUT2D eigenvalue weighted by molar-refractivity contribution is -0.140. The Labute approximate surface area is 315 Å². The van der Waals surface area contributed by atoms with Gasteiger partial charge in [-0.1, -0.05) is 11.6 Å². The number of nitrogens with zero attached hydrogens (tertiary/aromatic N) is 8. The van der Waals surface area contributed by atoms with Crippen molar-refractivity contribution in [2.45, 2.75) is 38.8 Å². The van der Waals surface area contributed by atoms with Crippen molar-refractivity contribution in [2.24, 2.45) is 23.7 Å². The van der Waals surface area contributed by atoms with E-state index in [-0.39, 0.29) is 51.7 Å². The van der Waals surface area contributed by atoms with E-state index in [2.05, 4.69) is 30.3 Å². The Morgan fingerprint density at radius 2 is 1.78 bits per heavy atom. The number of likely N-dealkylation sites (tertiary alicyclic amines) is 3. The number of rotatable bonds is 10. The third kappa shape index (κ3) is 7.77. The van der Waals surface area contributed by atoms with Crippen LogP contribution < -0.4 is 10.1 Å². The topological polar surface area (TPSA) is 139 Å². The van der Waals surface area contributed by atoms with Gasteiger partial charge in [-0.15, -0.1) is 0 Å². The molecule has 3 aromatic heterocycles. The van der Waals surface area contributed by atoms with Crippen LogP contribution in [0.2, 0.25) is 5.02 Å². The molecule has 0 aliphatic carbocycles. The Kier molecular flexibility index (Phi) is 10.5. The minimum absolute atomic E-state index is 0.103. The summed E-state index contributed by atoms with van der Waals surface area (Å²) in [6.07, 6.45) is 9.74. The van der Waals surface area contributed by atoms with Crippen molar-refractivity contribution >= 4 is 40.7 Å². The van der Waals surface area contributed by atoms with Gasteiger partial charge in [0, 0.05) is 94.1 Å². The van der Waals surface area contributed by atoms with E-state index in [0.29, 0.717) is 55.6 Å². The number of hydrogen-bond donors (Lipinski definition) is 1. The summed E-state index contributed by atoms with van der Waals surface area (Å²) in [5.74, 6) is 0.808. The smallest absolute Gasteiger partial charge is 0.387 e. The zero-order valence-corrected chi connectivity index (χ0v) is 30.4. The lowest BCUT2D eigenvalue weighted by atomic mass is 9.93. The summed E-state index contributed by atoms with van der Waals surface area (Å²) in [4.78, 5) is 50.8. The minimum atomic E-state index is -3.12. The maximum Gasteiger partial charge on any atom is 0.387 e. The lowest BCUT2D eigenvalue weighted by Crippen LogP contribution is -2.45. The molecule has 0 unspecified atom stereocenters. The van der Waals surface area contributed by atoms with Crippen molar-refractivity contribution < 1.29 is 32.6 Å². The molecule has 0 radical (unpaired) electrons. The Morgan fingerprint density at radius 1 is 1.02 bits per heavy atom. The summed E-state index contributed by atoms with van der Waals surface area (Å²) in [6.45, 7) is 3.89. The molecule has 4 saturated heterocycles. The highest BCUT2D eigenvalue weighted by Gasteiger charge is 2.42. The van der Waals surface area contributed by atoms with Gasteiger partial charge in [0.05, 0.1) is 11.9 Å². The second kappa shape index (κ2) is 15.6. The molecule has 4 fully saturated rings. The SMILES string of the molecule is O=C(Nc1cn(CC(=O)N2C[C@H]3CN(CC4CCN(C(=O)C5CCOCC5)CC4)C[C@H]3C2)nc1-c1cc(Cl)ccc1OC(F)F)c1cnn2cccnc12. The number of halogens is 3.